The predicted molar refractivity (Wildman–Crippen MR) is 202 cm³/mol. The van der Waals surface area contributed by atoms with Gasteiger partial charge in [-0.2, -0.15) is 0 Å². The SMILES string of the molecule is C=C(c1c(C)ncnc1C)N1CCC(C)(N2CCC(N(Cc3ccccc3)c3ccc(CN4CCC(NS(=O)(=O)C5CC5)C4=O)cc3)CC2)CC1. The molecule has 3 aliphatic heterocycles. The number of nitrogens with one attached hydrogen (secondary N) is 1. The van der Waals surface area contributed by atoms with E-state index in [0.29, 0.717) is 38.4 Å². The number of hydrogen-bond acceptors (Lipinski definition) is 8. The van der Waals surface area contributed by atoms with Crippen molar-refractivity contribution in [2.75, 3.05) is 37.6 Å². The summed E-state index contributed by atoms with van der Waals surface area (Å²) in [6.45, 7) is 17.0. The number of benzene rings is 2. The van der Waals surface area contributed by atoms with Gasteiger partial charge in [0.1, 0.15) is 12.4 Å². The molecule has 7 rings (SSSR count). The monoisotopic (exact) mass is 711 g/mol. The van der Waals surface area contributed by atoms with Crippen LogP contribution in [0.3, 0.4) is 0 Å². The predicted octanol–water partition coefficient (Wildman–Crippen LogP) is 5.27. The highest BCUT2D eigenvalue weighted by Gasteiger charge is 2.42. The fourth-order valence-electron chi connectivity index (χ4n) is 8.36. The van der Waals surface area contributed by atoms with Gasteiger partial charge in [-0.25, -0.2) is 23.1 Å². The van der Waals surface area contributed by atoms with Crippen molar-refractivity contribution >= 4 is 27.3 Å². The summed E-state index contributed by atoms with van der Waals surface area (Å²) in [5.74, 6) is -0.124. The van der Waals surface area contributed by atoms with Gasteiger partial charge in [-0.1, -0.05) is 49.0 Å². The third kappa shape index (κ3) is 7.85. The lowest BCUT2D eigenvalue weighted by Gasteiger charge is -2.51. The van der Waals surface area contributed by atoms with Crippen molar-refractivity contribution in [2.24, 2.45) is 0 Å². The highest BCUT2D eigenvalue weighted by atomic mass is 32.2. The van der Waals surface area contributed by atoms with Crippen LogP contribution in [0, 0.1) is 13.8 Å². The fourth-order valence-corrected chi connectivity index (χ4v) is 9.93. The molecule has 1 aromatic heterocycles. The summed E-state index contributed by atoms with van der Waals surface area (Å²) >= 11 is 0. The zero-order chi connectivity index (χ0) is 35.8. The minimum Gasteiger partial charge on any atom is -0.371 e. The van der Waals surface area contributed by atoms with Gasteiger partial charge in [0.2, 0.25) is 15.9 Å². The van der Waals surface area contributed by atoms with Gasteiger partial charge >= 0.3 is 0 Å². The molecule has 0 bridgehead atoms. The third-order valence-electron chi connectivity index (χ3n) is 11.8. The van der Waals surface area contributed by atoms with Crippen molar-refractivity contribution in [3.05, 3.63) is 95.6 Å². The van der Waals surface area contributed by atoms with Crippen molar-refractivity contribution in [1.82, 2.24) is 29.4 Å². The van der Waals surface area contributed by atoms with Crippen LogP contribution < -0.4 is 9.62 Å². The lowest BCUT2D eigenvalue weighted by atomic mass is 9.85. The number of likely N-dealkylation sites (tertiary alicyclic amines) is 3. The molecule has 1 atom stereocenters. The number of aromatic nitrogens is 2. The van der Waals surface area contributed by atoms with Gasteiger partial charge in [-0.05, 0) is 89.0 Å². The first-order chi connectivity index (χ1) is 24.5. The van der Waals surface area contributed by atoms with Gasteiger partial charge in [0.15, 0.2) is 0 Å². The quantitative estimate of drug-likeness (QED) is 0.271. The number of rotatable bonds is 12. The van der Waals surface area contributed by atoms with E-state index in [1.165, 1.54) is 11.3 Å². The summed E-state index contributed by atoms with van der Waals surface area (Å²) in [4.78, 5) is 31.5. The first-order valence-electron chi connectivity index (χ1n) is 18.7. The van der Waals surface area contributed by atoms with Crippen LogP contribution in [-0.4, -0.2) is 94.6 Å². The topological polar surface area (TPSA) is 102 Å². The van der Waals surface area contributed by atoms with E-state index in [1.807, 2.05) is 13.8 Å². The van der Waals surface area contributed by atoms with E-state index in [4.69, 9.17) is 0 Å². The second kappa shape index (κ2) is 14.7. The minimum atomic E-state index is -3.40. The average molecular weight is 712 g/mol. The average Bonchev–Trinajstić information content (AvgIpc) is 3.95. The molecule has 1 amide bonds. The van der Waals surface area contributed by atoms with Crippen LogP contribution >= 0.6 is 0 Å². The number of nitrogens with zero attached hydrogens (tertiary/aromatic N) is 6. The van der Waals surface area contributed by atoms with Gasteiger partial charge in [-0.15, -0.1) is 0 Å². The van der Waals surface area contributed by atoms with E-state index < -0.39 is 16.1 Å². The van der Waals surface area contributed by atoms with Crippen molar-refractivity contribution < 1.29 is 13.2 Å². The highest BCUT2D eigenvalue weighted by Crippen LogP contribution is 2.36. The number of piperidine rings is 2. The number of anilines is 1. The molecule has 4 heterocycles. The summed E-state index contributed by atoms with van der Waals surface area (Å²) in [7, 11) is -3.40. The van der Waals surface area contributed by atoms with Gasteiger partial charge in [-0.3, -0.25) is 9.69 Å². The van der Waals surface area contributed by atoms with Crippen LogP contribution in [0.5, 0.6) is 0 Å². The Morgan fingerprint density at radius 1 is 0.882 bits per heavy atom. The number of amides is 1. The molecule has 3 aromatic rings. The van der Waals surface area contributed by atoms with E-state index in [9.17, 15) is 13.2 Å². The van der Waals surface area contributed by atoms with Crippen molar-refractivity contribution in [1.29, 1.82) is 0 Å². The summed E-state index contributed by atoms with van der Waals surface area (Å²) in [6, 6.07) is 19.1. The third-order valence-corrected chi connectivity index (χ3v) is 13.8. The number of aryl methyl sites for hydroxylation is 2. The first kappa shape index (κ1) is 35.6. The number of carbonyl (C=O) groups is 1. The second-order valence-corrected chi connectivity index (χ2v) is 17.3. The zero-order valence-electron chi connectivity index (χ0n) is 30.4. The molecule has 11 heteroatoms. The standard InChI is InChI=1S/C40H53N7O3S/c1-29-38(30(2)42-28-41-29)31(3)44-24-19-40(4,20-25-44)46-22-16-35(17-23-46)47(27-32-8-6-5-7-9-32)34-12-10-33(11-13-34)26-45-21-18-37(39(45)48)43-51(49,50)36-14-15-36/h5-13,28,35-37,43H,3,14-27H2,1-2,4H3. The molecular weight excluding hydrogens is 659 g/mol. The number of carbonyl (C=O) groups excluding carboxylic acids is 1. The first-order valence-corrected chi connectivity index (χ1v) is 20.2. The van der Waals surface area contributed by atoms with Crippen LogP contribution in [0.25, 0.3) is 5.70 Å². The normalized spacial score (nSPS) is 21.6. The van der Waals surface area contributed by atoms with Gasteiger partial charge in [0, 0.05) is 74.3 Å². The molecule has 10 nitrogen and oxygen atoms in total. The Hall–Kier alpha value is -3.80. The Labute approximate surface area is 304 Å². The second-order valence-electron chi connectivity index (χ2n) is 15.3. The van der Waals surface area contributed by atoms with E-state index in [-0.39, 0.29) is 16.7 Å². The smallest absolute Gasteiger partial charge is 0.241 e. The number of sulfonamides is 1. The lowest BCUT2D eigenvalue weighted by molar-refractivity contribution is -0.129. The van der Waals surface area contributed by atoms with Gasteiger partial charge in [0.05, 0.1) is 16.6 Å². The van der Waals surface area contributed by atoms with Crippen LogP contribution in [-0.2, 0) is 27.9 Å². The van der Waals surface area contributed by atoms with Crippen LogP contribution in [0.15, 0.2) is 67.5 Å². The lowest BCUT2D eigenvalue weighted by Crippen LogP contribution is -2.57. The Morgan fingerprint density at radius 2 is 1.53 bits per heavy atom. The molecule has 4 fully saturated rings. The minimum absolute atomic E-state index is 0.124. The summed E-state index contributed by atoms with van der Waals surface area (Å²) in [5, 5.41) is -0.324. The van der Waals surface area contributed by atoms with Crippen LogP contribution in [0.2, 0.25) is 0 Å². The van der Waals surface area contributed by atoms with E-state index in [0.717, 1.165) is 86.6 Å². The number of hydrogen-bond donors (Lipinski definition) is 1. The van der Waals surface area contributed by atoms with E-state index in [1.54, 1.807) is 11.2 Å². The van der Waals surface area contributed by atoms with E-state index in [2.05, 4.69) is 97.5 Å². The van der Waals surface area contributed by atoms with Crippen LogP contribution in [0.4, 0.5) is 5.69 Å². The maximum Gasteiger partial charge on any atom is 0.241 e. The van der Waals surface area contributed by atoms with E-state index >= 15 is 0 Å². The Balaban J connectivity index is 0.975. The molecule has 0 radical (unpaired) electrons. The molecule has 1 N–H and O–H groups in total. The molecule has 4 aliphatic rings. The maximum atomic E-state index is 13.1. The molecule has 1 unspecified atom stereocenters. The molecule has 272 valence electrons. The van der Waals surface area contributed by atoms with Gasteiger partial charge in [0.25, 0.3) is 0 Å². The summed E-state index contributed by atoms with van der Waals surface area (Å²) in [5.41, 5.74) is 7.81. The van der Waals surface area contributed by atoms with Crippen molar-refractivity contribution in [3.63, 3.8) is 0 Å². The van der Waals surface area contributed by atoms with Crippen LogP contribution in [0.1, 0.15) is 79.9 Å². The largest absolute Gasteiger partial charge is 0.371 e. The molecular formula is C40H53N7O3S. The van der Waals surface area contributed by atoms with Gasteiger partial charge < -0.3 is 14.7 Å². The molecule has 1 saturated carbocycles. The zero-order valence-corrected chi connectivity index (χ0v) is 31.2. The molecule has 0 spiro atoms. The molecule has 1 aliphatic carbocycles. The summed E-state index contributed by atoms with van der Waals surface area (Å²) < 4.78 is 27.5. The fraction of sp³-hybridized carbons (Fsp3) is 0.525. The summed E-state index contributed by atoms with van der Waals surface area (Å²) in [6.07, 6.45) is 7.92. The van der Waals surface area contributed by atoms with Crippen molar-refractivity contribution in [2.45, 2.75) is 102 Å². The molecule has 51 heavy (non-hydrogen) atoms. The Bertz CT molecular complexity index is 1790. The van der Waals surface area contributed by atoms with Crippen molar-refractivity contribution in [3.8, 4) is 0 Å². The Kier molecular flexibility index (Phi) is 10.2. The maximum absolute atomic E-state index is 13.1. The molecule has 2 aromatic carbocycles. The molecule has 3 saturated heterocycles. The Morgan fingerprint density at radius 3 is 2.16 bits per heavy atom. The highest BCUT2D eigenvalue weighted by molar-refractivity contribution is 7.90.